The Balaban J connectivity index is 1.77. The average Bonchev–Trinajstić information content (AvgIpc) is 3.32. The van der Waals surface area contributed by atoms with Crippen LogP contribution in [0, 0.1) is 6.92 Å². The summed E-state index contributed by atoms with van der Waals surface area (Å²) in [7, 11) is 0. The van der Waals surface area contributed by atoms with E-state index in [1.165, 1.54) is 0 Å². The van der Waals surface area contributed by atoms with Gasteiger partial charge in [-0.1, -0.05) is 41.9 Å². The van der Waals surface area contributed by atoms with Crippen LogP contribution in [0.15, 0.2) is 74.5 Å². The SMILES string of the molecule is Cc1cc2oc3c(c(=O)c2cc1Cl)C(c1ccccc1)N(Cc1ccco1)C3=O. The van der Waals surface area contributed by atoms with Crippen LogP contribution in [-0.4, -0.2) is 10.8 Å². The molecular formula is C23H16ClNO4. The number of halogens is 1. The van der Waals surface area contributed by atoms with Crippen LogP contribution in [0.1, 0.15) is 39.0 Å². The van der Waals surface area contributed by atoms with Crippen molar-refractivity contribution in [2.75, 3.05) is 0 Å². The maximum atomic E-state index is 13.4. The first-order valence-electron chi connectivity index (χ1n) is 9.19. The molecule has 0 N–H and O–H groups in total. The summed E-state index contributed by atoms with van der Waals surface area (Å²) < 4.78 is 11.4. The molecule has 0 bridgehead atoms. The summed E-state index contributed by atoms with van der Waals surface area (Å²) in [4.78, 5) is 28.3. The van der Waals surface area contributed by atoms with E-state index in [4.69, 9.17) is 20.4 Å². The van der Waals surface area contributed by atoms with Gasteiger partial charge in [0.15, 0.2) is 5.43 Å². The van der Waals surface area contributed by atoms with E-state index in [2.05, 4.69) is 0 Å². The van der Waals surface area contributed by atoms with Gasteiger partial charge in [0.2, 0.25) is 5.76 Å². The first-order chi connectivity index (χ1) is 14.0. The zero-order valence-corrected chi connectivity index (χ0v) is 16.3. The zero-order chi connectivity index (χ0) is 20.1. The number of amides is 1. The fourth-order valence-electron chi connectivity index (χ4n) is 3.86. The normalized spacial score (nSPS) is 15.9. The fourth-order valence-corrected chi connectivity index (χ4v) is 4.02. The number of aryl methyl sites for hydroxylation is 1. The number of hydrogen-bond donors (Lipinski definition) is 0. The Labute approximate surface area is 171 Å². The van der Waals surface area contributed by atoms with Crippen molar-refractivity contribution in [3.05, 3.63) is 104 Å². The van der Waals surface area contributed by atoms with Gasteiger partial charge in [-0.25, -0.2) is 0 Å². The molecule has 1 atom stereocenters. The summed E-state index contributed by atoms with van der Waals surface area (Å²) in [5.41, 5.74) is 2.05. The average molecular weight is 406 g/mol. The van der Waals surface area contributed by atoms with E-state index in [-0.39, 0.29) is 23.6 Å². The molecule has 5 rings (SSSR count). The molecule has 2 aromatic carbocycles. The Kier molecular flexibility index (Phi) is 4.07. The Bertz CT molecular complexity index is 1290. The van der Waals surface area contributed by atoms with Gasteiger partial charge in [0.05, 0.1) is 29.8 Å². The van der Waals surface area contributed by atoms with Gasteiger partial charge in [0.25, 0.3) is 5.91 Å². The van der Waals surface area contributed by atoms with E-state index >= 15 is 0 Å². The van der Waals surface area contributed by atoms with Gasteiger partial charge in [0.1, 0.15) is 11.3 Å². The highest BCUT2D eigenvalue weighted by atomic mass is 35.5. The van der Waals surface area contributed by atoms with Gasteiger partial charge in [-0.3, -0.25) is 9.59 Å². The molecule has 144 valence electrons. The summed E-state index contributed by atoms with van der Waals surface area (Å²) in [6.45, 7) is 2.05. The molecule has 2 aromatic heterocycles. The summed E-state index contributed by atoms with van der Waals surface area (Å²) >= 11 is 6.25. The van der Waals surface area contributed by atoms with Crippen molar-refractivity contribution in [3.8, 4) is 0 Å². The van der Waals surface area contributed by atoms with Crippen molar-refractivity contribution in [1.82, 2.24) is 4.90 Å². The third kappa shape index (κ3) is 2.77. The lowest BCUT2D eigenvalue weighted by atomic mass is 9.98. The van der Waals surface area contributed by atoms with Gasteiger partial charge in [-0.05, 0) is 42.3 Å². The van der Waals surface area contributed by atoms with Crippen molar-refractivity contribution in [2.24, 2.45) is 0 Å². The number of nitrogens with zero attached hydrogens (tertiary/aromatic N) is 1. The molecule has 1 aliphatic heterocycles. The third-order valence-electron chi connectivity index (χ3n) is 5.27. The number of fused-ring (bicyclic) bond motifs is 2. The van der Waals surface area contributed by atoms with Crippen molar-refractivity contribution in [2.45, 2.75) is 19.5 Å². The molecule has 1 unspecified atom stereocenters. The van der Waals surface area contributed by atoms with Crippen molar-refractivity contribution in [1.29, 1.82) is 0 Å². The smallest absolute Gasteiger partial charge is 0.291 e. The molecule has 1 amide bonds. The molecule has 0 spiro atoms. The van der Waals surface area contributed by atoms with E-state index < -0.39 is 6.04 Å². The third-order valence-corrected chi connectivity index (χ3v) is 5.68. The van der Waals surface area contributed by atoms with Crippen LogP contribution in [0.5, 0.6) is 0 Å². The molecule has 1 aliphatic rings. The zero-order valence-electron chi connectivity index (χ0n) is 15.5. The largest absolute Gasteiger partial charge is 0.467 e. The standard InChI is InChI=1S/C23H16ClNO4/c1-13-10-18-16(11-17(13)24)21(26)19-20(14-6-3-2-4-7-14)25(23(27)22(19)29-18)12-15-8-5-9-28-15/h2-11,20H,12H2,1H3. The van der Waals surface area contributed by atoms with Gasteiger partial charge in [-0.15, -0.1) is 0 Å². The van der Waals surface area contributed by atoms with Gasteiger partial charge in [-0.2, -0.15) is 0 Å². The summed E-state index contributed by atoms with van der Waals surface area (Å²) in [6.07, 6.45) is 1.56. The van der Waals surface area contributed by atoms with Crippen LogP contribution in [0.2, 0.25) is 5.02 Å². The second kappa shape index (κ2) is 6.64. The first kappa shape index (κ1) is 17.8. The van der Waals surface area contributed by atoms with Crippen LogP contribution < -0.4 is 5.43 Å². The van der Waals surface area contributed by atoms with E-state index in [9.17, 15) is 9.59 Å². The number of hydrogen-bond acceptors (Lipinski definition) is 4. The number of benzene rings is 2. The number of furan rings is 1. The second-order valence-corrected chi connectivity index (χ2v) is 7.50. The molecular weight excluding hydrogens is 390 g/mol. The van der Waals surface area contributed by atoms with Gasteiger partial charge >= 0.3 is 0 Å². The highest BCUT2D eigenvalue weighted by Gasteiger charge is 2.43. The summed E-state index contributed by atoms with van der Waals surface area (Å²) in [5, 5.41) is 0.853. The lowest BCUT2D eigenvalue weighted by molar-refractivity contribution is 0.0701. The fraction of sp³-hybridized carbons (Fsp3) is 0.130. The number of carbonyl (C=O) groups is 1. The summed E-state index contributed by atoms with van der Waals surface area (Å²) in [5.74, 6) is 0.365. The predicted molar refractivity (Wildman–Crippen MR) is 109 cm³/mol. The summed E-state index contributed by atoms with van der Waals surface area (Å²) in [6, 6.07) is 15.8. The minimum Gasteiger partial charge on any atom is -0.467 e. The van der Waals surface area contributed by atoms with Gasteiger partial charge in [0, 0.05) is 5.02 Å². The van der Waals surface area contributed by atoms with E-state index in [0.717, 1.165) is 11.1 Å². The molecule has 29 heavy (non-hydrogen) atoms. The molecule has 0 aliphatic carbocycles. The molecule has 0 saturated heterocycles. The minimum absolute atomic E-state index is 0.0737. The van der Waals surface area contributed by atoms with Gasteiger partial charge < -0.3 is 13.7 Å². The molecule has 0 saturated carbocycles. The van der Waals surface area contributed by atoms with Crippen molar-refractivity contribution >= 4 is 28.5 Å². The Morgan fingerprint density at radius 3 is 2.59 bits per heavy atom. The van der Waals surface area contributed by atoms with Crippen molar-refractivity contribution in [3.63, 3.8) is 0 Å². The van der Waals surface area contributed by atoms with Crippen LogP contribution in [-0.2, 0) is 6.54 Å². The lowest BCUT2D eigenvalue weighted by Gasteiger charge is -2.24. The predicted octanol–water partition coefficient (Wildman–Crippen LogP) is 5.09. The first-order valence-corrected chi connectivity index (χ1v) is 9.57. The van der Waals surface area contributed by atoms with Crippen LogP contribution in [0.3, 0.4) is 0 Å². The van der Waals surface area contributed by atoms with Crippen molar-refractivity contribution < 1.29 is 13.6 Å². The Morgan fingerprint density at radius 2 is 1.86 bits per heavy atom. The van der Waals surface area contributed by atoms with Crippen LogP contribution in [0.25, 0.3) is 11.0 Å². The van der Waals surface area contributed by atoms with E-state index in [1.54, 1.807) is 35.4 Å². The topological polar surface area (TPSA) is 63.7 Å². The van der Waals surface area contributed by atoms with Crippen LogP contribution in [0.4, 0.5) is 0 Å². The molecule has 6 heteroatoms. The number of carbonyl (C=O) groups excluding carboxylic acids is 1. The molecule has 3 heterocycles. The molecule has 0 radical (unpaired) electrons. The highest BCUT2D eigenvalue weighted by molar-refractivity contribution is 6.32. The molecule has 4 aromatic rings. The molecule has 5 nitrogen and oxygen atoms in total. The second-order valence-electron chi connectivity index (χ2n) is 7.10. The molecule has 0 fully saturated rings. The van der Waals surface area contributed by atoms with E-state index in [0.29, 0.717) is 27.3 Å². The lowest BCUT2D eigenvalue weighted by Crippen LogP contribution is -2.29. The number of rotatable bonds is 3. The maximum absolute atomic E-state index is 13.4. The van der Waals surface area contributed by atoms with E-state index in [1.807, 2.05) is 37.3 Å². The monoisotopic (exact) mass is 405 g/mol. The minimum atomic E-state index is -0.565. The quantitative estimate of drug-likeness (QED) is 0.476. The maximum Gasteiger partial charge on any atom is 0.291 e. The van der Waals surface area contributed by atoms with Crippen LogP contribution >= 0.6 is 11.6 Å². The Morgan fingerprint density at radius 1 is 1.07 bits per heavy atom. The highest BCUT2D eigenvalue weighted by Crippen LogP contribution is 2.39. The Hall–Kier alpha value is -3.31.